The van der Waals surface area contributed by atoms with E-state index in [-0.39, 0.29) is 12.5 Å². The highest BCUT2D eigenvalue weighted by molar-refractivity contribution is 6.30. The van der Waals surface area contributed by atoms with Crippen LogP contribution in [0.4, 0.5) is 0 Å². The summed E-state index contributed by atoms with van der Waals surface area (Å²) in [5.74, 6) is 0.472. The van der Waals surface area contributed by atoms with Crippen LogP contribution in [0.2, 0.25) is 5.02 Å². The van der Waals surface area contributed by atoms with E-state index in [1.165, 1.54) is 0 Å². The van der Waals surface area contributed by atoms with Crippen molar-refractivity contribution < 1.29 is 14.3 Å². The van der Waals surface area contributed by atoms with Gasteiger partial charge in [0, 0.05) is 11.6 Å². The number of hydrogen-bond donors (Lipinski definition) is 2. The zero-order valence-electron chi connectivity index (χ0n) is 11.9. The van der Waals surface area contributed by atoms with Gasteiger partial charge in [-0.15, -0.1) is 0 Å². The Morgan fingerprint density at radius 1 is 1.29 bits per heavy atom. The molecule has 21 heavy (non-hydrogen) atoms. The lowest BCUT2D eigenvalue weighted by Gasteiger charge is -2.22. The van der Waals surface area contributed by atoms with E-state index in [0.29, 0.717) is 30.0 Å². The molecule has 1 aliphatic rings. The number of benzene rings is 1. The molecule has 0 unspecified atom stereocenters. The molecule has 0 bridgehead atoms. The van der Waals surface area contributed by atoms with Crippen molar-refractivity contribution in [2.24, 2.45) is 0 Å². The first-order valence-electron chi connectivity index (χ1n) is 7.21. The van der Waals surface area contributed by atoms with Crippen LogP contribution in [0.1, 0.15) is 12.8 Å². The summed E-state index contributed by atoms with van der Waals surface area (Å²) in [4.78, 5) is 11.6. The number of carbonyl (C=O) groups excluding carboxylic acids is 1. The Morgan fingerprint density at radius 2 is 2.00 bits per heavy atom. The molecule has 116 valence electrons. The average molecular weight is 313 g/mol. The van der Waals surface area contributed by atoms with Crippen LogP contribution in [-0.4, -0.2) is 44.9 Å². The largest absolute Gasteiger partial charge is 0.484 e. The number of halogens is 1. The van der Waals surface area contributed by atoms with Crippen molar-refractivity contribution in [3.05, 3.63) is 29.3 Å². The molecule has 2 N–H and O–H groups in total. The van der Waals surface area contributed by atoms with Gasteiger partial charge < -0.3 is 20.1 Å². The molecule has 0 aromatic heterocycles. The molecular weight excluding hydrogens is 292 g/mol. The Morgan fingerprint density at radius 3 is 2.71 bits per heavy atom. The van der Waals surface area contributed by atoms with E-state index in [9.17, 15) is 4.79 Å². The van der Waals surface area contributed by atoms with Gasteiger partial charge in [0.25, 0.3) is 5.91 Å². The molecule has 1 saturated heterocycles. The molecule has 1 aromatic carbocycles. The third kappa shape index (κ3) is 6.33. The van der Waals surface area contributed by atoms with Gasteiger partial charge in [-0.2, -0.15) is 0 Å². The van der Waals surface area contributed by atoms with Gasteiger partial charge in [0.05, 0.1) is 12.7 Å². The second-order valence-corrected chi connectivity index (χ2v) is 5.35. The fourth-order valence-electron chi connectivity index (χ4n) is 2.11. The number of nitrogens with one attached hydrogen (secondary N) is 2. The van der Waals surface area contributed by atoms with Gasteiger partial charge in [0.1, 0.15) is 5.75 Å². The minimum absolute atomic E-state index is 0.00498. The molecule has 0 aliphatic carbocycles. The van der Waals surface area contributed by atoms with Crippen molar-refractivity contribution in [2.45, 2.75) is 18.9 Å². The quantitative estimate of drug-likeness (QED) is 0.751. The summed E-state index contributed by atoms with van der Waals surface area (Å²) < 4.78 is 11.0. The number of ether oxygens (including phenoxy) is 2. The SMILES string of the molecule is O=C(COc1ccc(Cl)cc1)NCCOC1CCNCC1. The fourth-order valence-corrected chi connectivity index (χ4v) is 2.23. The zero-order valence-corrected chi connectivity index (χ0v) is 12.7. The van der Waals surface area contributed by atoms with Crippen molar-refractivity contribution in [1.82, 2.24) is 10.6 Å². The summed E-state index contributed by atoms with van der Waals surface area (Å²) in [7, 11) is 0. The summed E-state index contributed by atoms with van der Waals surface area (Å²) in [5.41, 5.74) is 0. The van der Waals surface area contributed by atoms with E-state index in [2.05, 4.69) is 10.6 Å². The highest BCUT2D eigenvalue weighted by Crippen LogP contribution is 2.15. The van der Waals surface area contributed by atoms with E-state index in [1.807, 2.05) is 0 Å². The molecule has 1 fully saturated rings. The Hall–Kier alpha value is -1.30. The van der Waals surface area contributed by atoms with Crippen LogP contribution in [-0.2, 0) is 9.53 Å². The summed E-state index contributed by atoms with van der Waals surface area (Å²) in [6.45, 7) is 3.05. The van der Waals surface area contributed by atoms with Crippen LogP contribution in [0, 0.1) is 0 Å². The van der Waals surface area contributed by atoms with E-state index >= 15 is 0 Å². The van der Waals surface area contributed by atoms with E-state index < -0.39 is 0 Å². The van der Waals surface area contributed by atoms with Gasteiger partial charge in [-0.1, -0.05) is 11.6 Å². The lowest BCUT2D eigenvalue weighted by molar-refractivity contribution is -0.123. The van der Waals surface area contributed by atoms with Crippen LogP contribution in [0.3, 0.4) is 0 Å². The van der Waals surface area contributed by atoms with Crippen molar-refractivity contribution in [3.8, 4) is 5.75 Å². The minimum atomic E-state index is -0.154. The van der Waals surface area contributed by atoms with Gasteiger partial charge in [-0.05, 0) is 50.2 Å². The molecule has 1 heterocycles. The monoisotopic (exact) mass is 312 g/mol. The molecule has 0 saturated carbocycles. The molecule has 2 rings (SSSR count). The zero-order chi connectivity index (χ0) is 14.9. The fraction of sp³-hybridized carbons (Fsp3) is 0.533. The van der Waals surface area contributed by atoms with Gasteiger partial charge in [-0.3, -0.25) is 4.79 Å². The Bertz CT molecular complexity index is 433. The molecule has 0 radical (unpaired) electrons. The molecule has 5 nitrogen and oxygen atoms in total. The van der Waals surface area contributed by atoms with E-state index in [4.69, 9.17) is 21.1 Å². The number of carbonyl (C=O) groups is 1. The topological polar surface area (TPSA) is 59.6 Å². The highest BCUT2D eigenvalue weighted by Gasteiger charge is 2.12. The van der Waals surface area contributed by atoms with Crippen molar-refractivity contribution in [2.75, 3.05) is 32.8 Å². The minimum Gasteiger partial charge on any atom is -0.484 e. The molecule has 0 atom stereocenters. The Balaban J connectivity index is 1.54. The third-order valence-corrected chi connectivity index (χ3v) is 3.50. The van der Waals surface area contributed by atoms with Gasteiger partial charge in [-0.25, -0.2) is 0 Å². The summed E-state index contributed by atoms with van der Waals surface area (Å²) in [6.07, 6.45) is 2.38. The number of rotatable bonds is 7. The molecule has 1 amide bonds. The second kappa shape index (κ2) is 8.87. The standard InChI is InChI=1S/C15H21ClN2O3/c16-12-1-3-13(4-2-12)21-11-15(19)18-9-10-20-14-5-7-17-8-6-14/h1-4,14,17H,5-11H2,(H,18,19). The van der Waals surface area contributed by atoms with Crippen LogP contribution in [0.5, 0.6) is 5.75 Å². The van der Waals surface area contributed by atoms with Crippen molar-refractivity contribution in [1.29, 1.82) is 0 Å². The van der Waals surface area contributed by atoms with E-state index in [0.717, 1.165) is 25.9 Å². The summed E-state index contributed by atoms with van der Waals surface area (Å²) in [5, 5.41) is 6.70. The average Bonchev–Trinajstić information content (AvgIpc) is 2.52. The summed E-state index contributed by atoms with van der Waals surface area (Å²) in [6, 6.07) is 6.91. The maximum absolute atomic E-state index is 11.6. The number of piperidine rings is 1. The highest BCUT2D eigenvalue weighted by atomic mass is 35.5. The molecule has 6 heteroatoms. The predicted molar refractivity (Wildman–Crippen MR) is 81.8 cm³/mol. The van der Waals surface area contributed by atoms with Crippen LogP contribution in [0.25, 0.3) is 0 Å². The Labute approximate surface area is 130 Å². The lowest BCUT2D eigenvalue weighted by Crippen LogP contribution is -2.35. The van der Waals surface area contributed by atoms with Gasteiger partial charge in [0.2, 0.25) is 0 Å². The van der Waals surface area contributed by atoms with Gasteiger partial charge >= 0.3 is 0 Å². The van der Waals surface area contributed by atoms with E-state index in [1.54, 1.807) is 24.3 Å². The summed E-state index contributed by atoms with van der Waals surface area (Å²) >= 11 is 5.77. The first-order valence-corrected chi connectivity index (χ1v) is 7.59. The molecule has 1 aromatic rings. The first-order chi connectivity index (χ1) is 10.2. The second-order valence-electron chi connectivity index (χ2n) is 4.91. The molecular formula is C15H21ClN2O3. The number of amides is 1. The van der Waals surface area contributed by atoms with Crippen LogP contribution < -0.4 is 15.4 Å². The van der Waals surface area contributed by atoms with Gasteiger partial charge in [0.15, 0.2) is 6.61 Å². The van der Waals surface area contributed by atoms with Crippen LogP contribution >= 0.6 is 11.6 Å². The smallest absolute Gasteiger partial charge is 0.258 e. The third-order valence-electron chi connectivity index (χ3n) is 3.25. The van der Waals surface area contributed by atoms with Crippen LogP contribution in [0.15, 0.2) is 24.3 Å². The molecule has 0 spiro atoms. The maximum atomic E-state index is 11.6. The molecule has 1 aliphatic heterocycles. The first kappa shape index (κ1) is 16.1. The number of hydrogen-bond acceptors (Lipinski definition) is 4. The van der Waals surface area contributed by atoms with Crippen molar-refractivity contribution in [3.63, 3.8) is 0 Å². The lowest BCUT2D eigenvalue weighted by atomic mass is 10.1. The normalized spacial score (nSPS) is 15.7. The maximum Gasteiger partial charge on any atom is 0.258 e. The van der Waals surface area contributed by atoms with Crippen molar-refractivity contribution >= 4 is 17.5 Å². The Kier molecular flexibility index (Phi) is 6.79. The predicted octanol–water partition coefficient (Wildman–Crippen LogP) is 1.60.